The monoisotopic (exact) mass is 408 g/mol. The van der Waals surface area contributed by atoms with Crippen LogP contribution in [0.25, 0.3) is 11.3 Å². The van der Waals surface area contributed by atoms with Crippen molar-refractivity contribution in [2.45, 2.75) is 53.5 Å². The Labute approximate surface area is 178 Å². The molecular formula is C24H32N4O2. The molecule has 160 valence electrons. The van der Waals surface area contributed by atoms with Crippen molar-refractivity contribution in [3.8, 4) is 11.3 Å². The van der Waals surface area contributed by atoms with Gasteiger partial charge in [0.2, 0.25) is 5.91 Å². The lowest BCUT2D eigenvalue weighted by Crippen LogP contribution is -2.29. The minimum Gasteiger partial charge on any atom is -0.361 e. The Bertz CT molecular complexity index is 973. The van der Waals surface area contributed by atoms with Crippen molar-refractivity contribution in [3.63, 3.8) is 0 Å². The molecule has 0 aliphatic carbocycles. The second kappa shape index (κ2) is 9.74. The third-order valence-corrected chi connectivity index (χ3v) is 5.37. The molecule has 3 rings (SSSR count). The Hall–Kier alpha value is -2.89. The molecule has 0 radical (unpaired) electrons. The predicted octanol–water partition coefficient (Wildman–Crippen LogP) is 4.44. The topological polar surface area (TPSA) is 64.2 Å². The third kappa shape index (κ3) is 5.38. The third-order valence-electron chi connectivity index (χ3n) is 5.37. The largest absolute Gasteiger partial charge is 0.361 e. The van der Waals surface area contributed by atoms with Crippen LogP contribution in [-0.2, 0) is 24.2 Å². The molecule has 6 heteroatoms. The van der Waals surface area contributed by atoms with Crippen LogP contribution < -0.4 is 0 Å². The van der Waals surface area contributed by atoms with Gasteiger partial charge in [0, 0.05) is 49.4 Å². The van der Waals surface area contributed by atoms with Crippen LogP contribution in [0, 0.1) is 19.8 Å². The molecular weight excluding hydrogens is 376 g/mol. The highest BCUT2D eigenvalue weighted by Gasteiger charge is 2.18. The van der Waals surface area contributed by atoms with E-state index in [0.717, 1.165) is 53.4 Å². The minimum atomic E-state index is 0.118. The fourth-order valence-electron chi connectivity index (χ4n) is 3.59. The van der Waals surface area contributed by atoms with Crippen molar-refractivity contribution in [3.05, 3.63) is 59.1 Å². The van der Waals surface area contributed by atoms with E-state index < -0.39 is 0 Å². The Balaban J connectivity index is 1.51. The van der Waals surface area contributed by atoms with Gasteiger partial charge in [0.15, 0.2) is 0 Å². The summed E-state index contributed by atoms with van der Waals surface area (Å²) < 4.78 is 7.48. The molecule has 30 heavy (non-hydrogen) atoms. The molecule has 0 spiro atoms. The van der Waals surface area contributed by atoms with Gasteiger partial charge in [0.25, 0.3) is 0 Å². The van der Waals surface area contributed by atoms with Gasteiger partial charge in [0.1, 0.15) is 11.5 Å². The zero-order valence-corrected chi connectivity index (χ0v) is 18.7. The zero-order chi connectivity index (χ0) is 21.7. The van der Waals surface area contributed by atoms with Crippen molar-refractivity contribution in [1.82, 2.24) is 19.8 Å². The molecule has 0 N–H and O–H groups in total. The summed E-state index contributed by atoms with van der Waals surface area (Å²) >= 11 is 0. The highest BCUT2D eigenvalue weighted by molar-refractivity contribution is 5.79. The van der Waals surface area contributed by atoms with Crippen molar-refractivity contribution < 1.29 is 9.32 Å². The lowest BCUT2D eigenvalue weighted by Gasteiger charge is -2.17. The van der Waals surface area contributed by atoms with Gasteiger partial charge < -0.3 is 9.42 Å². The molecule has 1 aromatic carbocycles. The van der Waals surface area contributed by atoms with E-state index in [1.54, 1.807) is 4.90 Å². The van der Waals surface area contributed by atoms with Gasteiger partial charge in [-0.15, -0.1) is 0 Å². The fourth-order valence-corrected chi connectivity index (χ4v) is 3.59. The number of rotatable bonds is 9. The fraction of sp³-hybridized carbons (Fsp3) is 0.458. The van der Waals surface area contributed by atoms with Gasteiger partial charge in [-0.1, -0.05) is 49.3 Å². The molecule has 0 fully saturated rings. The molecule has 0 atom stereocenters. The van der Waals surface area contributed by atoms with Gasteiger partial charge in [-0.3, -0.25) is 9.48 Å². The number of carbonyl (C=O) groups is 1. The van der Waals surface area contributed by atoms with Gasteiger partial charge in [0.05, 0.1) is 12.1 Å². The first-order valence-corrected chi connectivity index (χ1v) is 10.6. The number of benzene rings is 1. The summed E-state index contributed by atoms with van der Waals surface area (Å²) in [6.45, 7) is 9.94. The lowest BCUT2D eigenvalue weighted by atomic mass is 10.1. The first-order valence-electron chi connectivity index (χ1n) is 10.6. The number of hydrogen-bond donors (Lipinski definition) is 0. The van der Waals surface area contributed by atoms with Crippen LogP contribution in [0.5, 0.6) is 0 Å². The van der Waals surface area contributed by atoms with Gasteiger partial charge in [-0.05, 0) is 26.2 Å². The molecule has 0 saturated heterocycles. The number of carbonyl (C=O) groups excluding carboxylic acids is 1. The molecule has 2 aromatic heterocycles. The van der Waals surface area contributed by atoms with Gasteiger partial charge in [-0.25, -0.2) is 0 Å². The van der Waals surface area contributed by atoms with E-state index in [4.69, 9.17) is 4.52 Å². The van der Waals surface area contributed by atoms with Crippen LogP contribution in [0.4, 0.5) is 0 Å². The van der Waals surface area contributed by atoms with Crippen molar-refractivity contribution in [2.75, 3.05) is 13.6 Å². The maximum Gasteiger partial charge on any atom is 0.226 e. The van der Waals surface area contributed by atoms with Gasteiger partial charge in [-0.2, -0.15) is 5.10 Å². The quantitative estimate of drug-likeness (QED) is 0.525. The number of likely N-dealkylation sites (N-methyl/N-ethyl adjacent to an activating group) is 1. The van der Waals surface area contributed by atoms with Crippen LogP contribution in [0.3, 0.4) is 0 Å². The van der Waals surface area contributed by atoms with E-state index in [-0.39, 0.29) is 5.91 Å². The van der Waals surface area contributed by atoms with Crippen molar-refractivity contribution in [2.24, 2.45) is 5.92 Å². The minimum absolute atomic E-state index is 0.118. The number of aryl methyl sites for hydroxylation is 2. The highest BCUT2D eigenvalue weighted by Crippen LogP contribution is 2.20. The molecule has 0 bridgehead atoms. The SMILES string of the molecule is Cc1nn(CC(C)C)c(C)c1CC(=O)N(C)CCCc1cc(-c2ccccc2)no1. The van der Waals surface area contributed by atoms with Crippen molar-refractivity contribution >= 4 is 5.91 Å². The predicted molar refractivity (Wildman–Crippen MR) is 118 cm³/mol. The maximum atomic E-state index is 12.7. The van der Waals surface area contributed by atoms with E-state index in [9.17, 15) is 4.79 Å². The van der Waals surface area contributed by atoms with E-state index >= 15 is 0 Å². The van der Waals surface area contributed by atoms with Crippen LogP contribution in [0.1, 0.15) is 43.0 Å². The molecule has 2 heterocycles. The number of amides is 1. The van der Waals surface area contributed by atoms with E-state index in [1.807, 2.05) is 55.1 Å². The molecule has 6 nitrogen and oxygen atoms in total. The van der Waals surface area contributed by atoms with E-state index in [0.29, 0.717) is 18.9 Å². The Kier molecular flexibility index (Phi) is 7.08. The normalized spacial score (nSPS) is 11.3. The summed E-state index contributed by atoms with van der Waals surface area (Å²) in [7, 11) is 1.86. The van der Waals surface area contributed by atoms with Crippen molar-refractivity contribution in [1.29, 1.82) is 0 Å². The van der Waals surface area contributed by atoms with Crippen LogP contribution in [-0.4, -0.2) is 39.3 Å². The number of nitrogens with zero attached hydrogens (tertiary/aromatic N) is 4. The van der Waals surface area contributed by atoms with Crippen LogP contribution >= 0.6 is 0 Å². The van der Waals surface area contributed by atoms with E-state index in [2.05, 4.69) is 31.0 Å². The average molecular weight is 409 g/mol. The second-order valence-corrected chi connectivity index (χ2v) is 8.37. The molecule has 0 unspecified atom stereocenters. The molecule has 1 amide bonds. The second-order valence-electron chi connectivity index (χ2n) is 8.37. The smallest absolute Gasteiger partial charge is 0.226 e. The summed E-state index contributed by atoms with van der Waals surface area (Å²) in [5.74, 6) is 1.48. The van der Waals surface area contributed by atoms with Crippen LogP contribution in [0.2, 0.25) is 0 Å². The zero-order valence-electron chi connectivity index (χ0n) is 18.7. The summed E-state index contributed by atoms with van der Waals surface area (Å²) in [5.41, 5.74) is 4.99. The van der Waals surface area contributed by atoms with Crippen LogP contribution in [0.15, 0.2) is 40.9 Å². The number of hydrogen-bond acceptors (Lipinski definition) is 4. The Morgan fingerprint density at radius 1 is 1.20 bits per heavy atom. The van der Waals surface area contributed by atoms with Gasteiger partial charge >= 0.3 is 0 Å². The average Bonchev–Trinajstić information content (AvgIpc) is 3.28. The summed E-state index contributed by atoms with van der Waals surface area (Å²) in [6.07, 6.45) is 1.98. The first-order chi connectivity index (χ1) is 14.3. The summed E-state index contributed by atoms with van der Waals surface area (Å²) in [5, 5.41) is 8.77. The molecule has 3 aromatic rings. The summed E-state index contributed by atoms with van der Waals surface area (Å²) in [4.78, 5) is 14.5. The summed E-state index contributed by atoms with van der Waals surface area (Å²) in [6, 6.07) is 12.0. The Morgan fingerprint density at radius 3 is 2.63 bits per heavy atom. The first kappa shape index (κ1) is 21.8. The molecule has 0 aliphatic heterocycles. The number of aromatic nitrogens is 3. The standard InChI is InChI=1S/C24H32N4O2/c1-17(2)16-28-19(4)22(18(3)25-28)15-24(29)27(5)13-9-12-21-14-23(26-30-21)20-10-7-6-8-11-20/h6-8,10-11,14,17H,9,12-13,15-16H2,1-5H3. The maximum absolute atomic E-state index is 12.7. The highest BCUT2D eigenvalue weighted by atomic mass is 16.5. The Morgan fingerprint density at radius 2 is 1.93 bits per heavy atom. The lowest BCUT2D eigenvalue weighted by molar-refractivity contribution is -0.129. The van der Waals surface area contributed by atoms with E-state index in [1.165, 1.54) is 0 Å². The molecule has 0 aliphatic rings. The molecule has 0 saturated carbocycles.